The number of nitrogens with one attached hydrogen (secondary N) is 1. The molecule has 0 radical (unpaired) electrons. The molecule has 0 spiro atoms. The van der Waals surface area contributed by atoms with Gasteiger partial charge < -0.3 is 5.32 Å². The fraction of sp³-hybridized carbons (Fsp3) is 0.632. The Hall–Kier alpha value is -1.40. The Morgan fingerprint density at radius 3 is 2.16 bits per heavy atom. The first kappa shape index (κ1) is 19.9. The highest BCUT2D eigenvalue weighted by Gasteiger charge is 2.29. The number of amides is 1. The van der Waals surface area contributed by atoms with Crippen LogP contribution >= 0.6 is 0 Å². The second-order valence-electron chi connectivity index (χ2n) is 7.28. The predicted molar refractivity (Wildman–Crippen MR) is 102 cm³/mol. The highest BCUT2D eigenvalue weighted by atomic mass is 32.2. The monoisotopic (exact) mass is 366 g/mol. The van der Waals surface area contributed by atoms with E-state index in [9.17, 15) is 13.2 Å². The van der Waals surface area contributed by atoms with Crippen LogP contribution in [-0.2, 0) is 14.8 Å². The van der Waals surface area contributed by atoms with E-state index in [2.05, 4.69) is 19.2 Å². The Kier molecular flexibility index (Phi) is 7.02. The maximum absolute atomic E-state index is 12.4. The first-order valence-corrected chi connectivity index (χ1v) is 11.0. The van der Waals surface area contributed by atoms with Crippen molar-refractivity contribution in [1.29, 1.82) is 0 Å². The summed E-state index contributed by atoms with van der Waals surface area (Å²) in [6.07, 6.45) is 7.20. The van der Waals surface area contributed by atoms with Crippen LogP contribution in [0.2, 0.25) is 0 Å². The smallest absolute Gasteiger partial charge is 0.239 e. The molecule has 25 heavy (non-hydrogen) atoms. The van der Waals surface area contributed by atoms with Gasteiger partial charge in [0.1, 0.15) is 0 Å². The summed E-state index contributed by atoms with van der Waals surface area (Å²) in [6.45, 7) is 4.12. The maximum atomic E-state index is 12.4. The van der Waals surface area contributed by atoms with E-state index in [1.54, 1.807) is 0 Å². The first-order chi connectivity index (χ1) is 11.8. The van der Waals surface area contributed by atoms with Crippen LogP contribution in [-0.4, -0.2) is 37.5 Å². The average molecular weight is 367 g/mol. The van der Waals surface area contributed by atoms with Gasteiger partial charge in [0.05, 0.1) is 12.8 Å². The fourth-order valence-corrected chi connectivity index (χ4v) is 4.46. The van der Waals surface area contributed by atoms with Crippen LogP contribution in [0.3, 0.4) is 0 Å². The molecular formula is C19H30N2O3S. The minimum absolute atomic E-state index is 0.0634. The van der Waals surface area contributed by atoms with Crippen LogP contribution in [0.5, 0.6) is 0 Å². The largest absolute Gasteiger partial charge is 0.325 e. The minimum atomic E-state index is -3.41. The van der Waals surface area contributed by atoms with E-state index in [1.165, 1.54) is 16.1 Å². The molecule has 0 aliphatic heterocycles. The van der Waals surface area contributed by atoms with Crippen molar-refractivity contribution >= 4 is 21.6 Å². The molecule has 2 rings (SSSR count). The summed E-state index contributed by atoms with van der Waals surface area (Å²) in [5.41, 5.74) is 1.90. The van der Waals surface area contributed by atoms with E-state index in [-0.39, 0.29) is 18.5 Å². The van der Waals surface area contributed by atoms with Crippen molar-refractivity contribution in [1.82, 2.24) is 4.31 Å². The molecule has 1 N–H and O–H groups in total. The standard InChI is InChI=1S/C19H30N2O3S/c1-15(2)16-10-12-17(13-11-16)20-19(22)14-21(25(3,23)24)18-8-6-4-5-7-9-18/h10-13,15,18H,4-9,14H2,1-3H3,(H,20,22). The zero-order valence-electron chi connectivity index (χ0n) is 15.5. The molecule has 1 amide bonds. The molecule has 1 fully saturated rings. The van der Waals surface area contributed by atoms with Crippen molar-refractivity contribution in [3.63, 3.8) is 0 Å². The third-order valence-electron chi connectivity index (χ3n) is 4.82. The summed E-state index contributed by atoms with van der Waals surface area (Å²) in [6, 6.07) is 7.64. The Labute approximate surface area is 151 Å². The third-order valence-corrected chi connectivity index (χ3v) is 6.10. The lowest BCUT2D eigenvalue weighted by atomic mass is 10.0. The molecule has 0 unspecified atom stereocenters. The van der Waals surface area contributed by atoms with E-state index in [0.29, 0.717) is 11.6 Å². The Balaban J connectivity index is 2.03. The number of nitrogens with zero attached hydrogens (tertiary/aromatic N) is 1. The molecule has 1 aromatic rings. The summed E-state index contributed by atoms with van der Waals surface area (Å²) in [4.78, 5) is 12.4. The molecule has 1 aliphatic rings. The summed E-state index contributed by atoms with van der Waals surface area (Å²) >= 11 is 0. The van der Waals surface area contributed by atoms with E-state index >= 15 is 0 Å². The molecule has 0 bridgehead atoms. The second-order valence-corrected chi connectivity index (χ2v) is 9.21. The van der Waals surface area contributed by atoms with Crippen LogP contribution in [0.25, 0.3) is 0 Å². The molecule has 0 heterocycles. The van der Waals surface area contributed by atoms with Gasteiger partial charge in [-0.15, -0.1) is 0 Å². The van der Waals surface area contributed by atoms with Crippen LogP contribution in [0.4, 0.5) is 5.69 Å². The zero-order valence-corrected chi connectivity index (χ0v) is 16.3. The number of sulfonamides is 1. The lowest BCUT2D eigenvalue weighted by Gasteiger charge is -2.28. The van der Waals surface area contributed by atoms with Crippen LogP contribution in [0.1, 0.15) is 63.9 Å². The maximum Gasteiger partial charge on any atom is 0.239 e. The van der Waals surface area contributed by atoms with Gasteiger partial charge >= 0.3 is 0 Å². The van der Waals surface area contributed by atoms with Gasteiger partial charge in [-0.3, -0.25) is 4.79 Å². The van der Waals surface area contributed by atoms with Crippen molar-refractivity contribution in [2.45, 2.75) is 64.3 Å². The number of benzene rings is 1. The van der Waals surface area contributed by atoms with Crippen molar-refractivity contribution in [3.8, 4) is 0 Å². The van der Waals surface area contributed by atoms with Gasteiger partial charge in [-0.05, 0) is 36.5 Å². The van der Waals surface area contributed by atoms with E-state index in [1.807, 2.05) is 24.3 Å². The normalized spacial score (nSPS) is 16.8. The molecule has 5 nitrogen and oxygen atoms in total. The van der Waals surface area contributed by atoms with Crippen LogP contribution in [0.15, 0.2) is 24.3 Å². The Morgan fingerprint density at radius 2 is 1.68 bits per heavy atom. The Morgan fingerprint density at radius 1 is 1.12 bits per heavy atom. The minimum Gasteiger partial charge on any atom is -0.325 e. The SMILES string of the molecule is CC(C)c1ccc(NC(=O)CN(C2CCCCCC2)S(C)(=O)=O)cc1. The number of carbonyl (C=O) groups excluding carboxylic acids is 1. The number of anilines is 1. The lowest BCUT2D eigenvalue weighted by molar-refractivity contribution is -0.116. The lowest BCUT2D eigenvalue weighted by Crippen LogP contribution is -2.44. The molecular weight excluding hydrogens is 336 g/mol. The van der Waals surface area contributed by atoms with Gasteiger partial charge in [0, 0.05) is 11.7 Å². The highest BCUT2D eigenvalue weighted by molar-refractivity contribution is 7.88. The summed E-state index contributed by atoms with van der Waals surface area (Å²) in [5, 5.41) is 2.82. The first-order valence-electron chi connectivity index (χ1n) is 9.14. The van der Waals surface area contributed by atoms with Gasteiger partial charge in [0.25, 0.3) is 0 Å². The third kappa shape index (κ3) is 6.12. The molecule has 0 atom stereocenters. The van der Waals surface area contributed by atoms with Gasteiger partial charge in [0.2, 0.25) is 15.9 Å². The fourth-order valence-electron chi connectivity index (χ4n) is 3.36. The highest BCUT2D eigenvalue weighted by Crippen LogP contribution is 2.24. The molecule has 0 saturated heterocycles. The second kappa shape index (κ2) is 8.81. The molecule has 1 aromatic carbocycles. The van der Waals surface area contributed by atoms with Crippen LogP contribution in [0, 0.1) is 0 Å². The van der Waals surface area contributed by atoms with Crippen molar-refractivity contribution < 1.29 is 13.2 Å². The zero-order chi connectivity index (χ0) is 18.4. The molecule has 1 aliphatic carbocycles. The average Bonchev–Trinajstić information content (AvgIpc) is 2.81. The molecule has 1 saturated carbocycles. The van der Waals surface area contributed by atoms with Crippen molar-refractivity contribution in [2.24, 2.45) is 0 Å². The quantitative estimate of drug-likeness (QED) is 0.780. The predicted octanol–water partition coefficient (Wildman–Crippen LogP) is 3.73. The van der Waals surface area contributed by atoms with E-state index in [0.717, 1.165) is 38.5 Å². The van der Waals surface area contributed by atoms with E-state index in [4.69, 9.17) is 0 Å². The number of carbonyl (C=O) groups is 1. The van der Waals surface area contributed by atoms with Crippen LogP contribution < -0.4 is 5.32 Å². The molecule has 0 aromatic heterocycles. The number of rotatable bonds is 6. The number of hydrogen-bond acceptors (Lipinski definition) is 3. The summed E-state index contributed by atoms with van der Waals surface area (Å²) in [5.74, 6) is 0.146. The van der Waals surface area contributed by atoms with Gasteiger partial charge in [-0.1, -0.05) is 51.7 Å². The van der Waals surface area contributed by atoms with E-state index < -0.39 is 10.0 Å². The molecule has 140 valence electrons. The summed E-state index contributed by atoms with van der Waals surface area (Å²) in [7, 11) is -3.41. The molecule has 6 heteroatoms. The van der Waals surface area contributed by atoms with Crippen molar-refractivity contribution in [2.75, 3.05) is 18.1 Å². The number of hydrogen-bond donors (Lipinski definition) is 1. The summed E-state index contributed by atoms with van der Waals surface area (Å²) < 4.78 is 25.8. The topological polar surface area (TPSA) is 66.5 Å². The van der Waals surface area contributed by atoms with Crippen molar-refractivity contribution in [3.05, 3.63) is 29.8 Å². The van der Waals surface area contributed by atoms with Gasteiger partial charge in [-0.2, -0.15) is 4.31 Å². The Bertz CT molecular complexity index is 660. The van der Waals surface area contributed by atoms with Gasteiger partial charge in [-0.25, -0.2) is 8.42 Å². The van der Waals surface area contributed by atoms with Gasteiger partial charge in [0.15, 0.2) is 0 Å².